The van der Waals surface area contributed by atoms with E-state index in [-0.39, 0.29) is 18.1 Å². The van der Waals surface area contributed by atoms with E-state index in [0.717, 1.165) is 11.1 Å². The van der Waals surface area contributed by atoms with Crippen LogP contribution in [0, 0.1) is 0 Å². The molecule has 0 spiro atoms. The first-order chi connectivity index (χ1) is 8.18. The Hall–Kier alpha value is -2.17. The lowest BCUT2D eigenvalue weighted by atomic mass is 10.1. The molecule has 2 aromatic rings. The summed E-state index contributed by atoms with van der Waals surface area (Å²) in [7, 11) is 0. The van der Waals surface area contributed by atoms with Crippen LogP contribution in [0.2, 0.25) is 0 Å². The lowest BCUT2D eigenvalue weighted by Gasteiger charge is -2.04. The second-order valence-corrected chi connectivity index (χ2v) is 3.64. The van der Waals surface area contributed by atoms with Crippen molar-refractivity contribution in [2.75, 3.05) is 6.61 Å². The Morgan fingerprint density at radius 3 is 2.76 bits per heavy atom. The first-order valence-corrected chi connectivity index (χ1v) is 5.28. The first-order valence-electron chi connectivity index (χ1n) is 5.28. The maximum absolute atomic E-state index is 11.5. The lowest BCUT2D eigenvalue weighted by Crippen LogP contribution is -2.13. The van der Waals surface area contributed by atoms with Crippen molar-refractivity contribution in [3.8, 4) is 0 Å². The van der Waals surface area contributed by atoms with Crippen LogP contribution >= 0.6 is 0 Å². The number of carbonyl (C=O) groups is 1. The number of hydrogen-bond acceptors (Lipinski definition) is 4. The van der Waals surface area contributed by atoms with Crippen LogP contribution in [-0.2, 0) is 16.0 Å². The highest BCUT2D eigenvalue weighted by Crippen LogP contribution is 2.12. The van der Waals surface area contributed by atoms with Crippen molar-refractivity contribution in [2.24, 2.45) is 0 Å². The van der Waals surface area contributed by atoms with Gasteiger partial charge in [-0.2, -0.15) is 5.10 Å². The third-order valence-corrected chi connectivity index (χ3v) is 2.42. The van der Waals surface area contributed by atoms with Gasteiger partial charge >= 0.3 is 5.97 Å². The number of fused-ring (bicyclic) bond motifs is 1. The molecule has 0 fully saturated rings. The molecular weight excluding hydrogens is 220 g/mol. The molecule has 1 aromatic carbocycles. The van der Waals surface area contributed by atoms with Gasteiger partial charge in [0.15, 0.2) is 0 Å². The molecule has 0 aliphatic rings. The van der Waals surface area contributed by atoms with Gasteiger partial charge in [-0.3, -0.25) is 9.59 Å². The largest absolute Gasteiger partial charge is 0.465 e. The first kappa shape index (κ1) is 11.3. The summed E-state index contributed by atoms with van der Waals surface area (Å²) >= 11 is 0. The quantitative estimate of drug-likeness (QED) is 0.802. The molecule has 0 saturated heterocycles. The Morgan fingerprint density at radius 1 is 1.35 bits per heavy atom. The van der Waals surface area contributed by atoms with E-state index < -0.39 is 0 Å². The number of nitrogens with one attached hydrogen (secondary N) is 1. The molecule has 5 nitrogen and oxygen atoms in total. The van der Waals surface area contributed by atoms with Crippen LogP contribution in [0.1, 0.15) is 12.6 Å². The molecule has 1 N–H and O–H groups in total. The number of H-pyrrole nitrogens is 1. The van der Waals surface area contributed by atoms with Gasteiger partial charge < -0.3 is 4.74 Å². The molecule has 5 heteroatoms. The number of aromatic amines is 1. The fraction of sp³-hybridized carbons (Fsp3) is 0.250. The van der Waals surface area contributed by atoms with E-state index in [4.69, 9.17) is 4.74 Å². The summed E-state index contributed by atoms with van der Waals surface area (Å²) in [6.45, 7) is 1.62. The Kier molecular flexibility index (Phi) is 3.18. The van der Waals surface area contributed by atoms with Crippen LogP contribution in [0.4, 0.5) is 0 Å². The second-order valence-electron chi connectivity index (χ2n) is 3.64. The van der Waals surface area contributed by atoms with Crippen molar-refractivity contribution in [3.63, 3.8) is 0 Å². The molecule has 0 aliphatic carbocycles. The number of esters is 1. The summed E-state index contributed by atoms with van der Waals surface area (Å²) < 4.78 is 4.85. The van der Waals surface area contributed by atoms with Gasteiger partial charge in [-0.15, -0.1) is 0 Å². The van der Waals surface area contributed by atoms with E-state index in [1.54, 1.807) is 12.1 Å². The van der Waals surface area contributed by atoms with E-state index in [1.165, 1.54) is 6.92 Å². The molecule has 2 rings (SSSR count). The standard InChI is InChI=1S/C12H12N2O3/c1-8(15)17-7-6-11-9-4-2-3-5-10(9)12(16)14-13-11/h2-5H,6-7H2,1H3,(H,14,16). The third kappa shape index (κ3) is 2.50. The highest BCUT2D eigenvalue weighted by atomic mass is 16.5. The average molecular weight is 232 g/mol. The molecule has 0 amide bonds. The van der Waals surface area contributed by atoms with E-state index in [1.807, 2.05) is 12.1 Å². The van der Waals surface area contributed by atoms with E-state index in [9.17, 15) is 9.59 Å². The topological polar surface area (TPSA) is 72.0 Å². The summed E-state index contributed by atoms with van der Waals surface area (Å²) in [5, 5.41) is 7.80. The Labute approximate surface area is 97.4 Å². The molecule has 1 aromatic heterocycles. The zero-order valence-corrected chi connectivity index (χ0v) is 9.40. The summed E-state index contributed by atoms with van der Waals surface area (Å²) in [6, 6.07) is 7.22. The predicted molar refractivity (Wildman–Crippen MR) is 62.7 cm³/mol. The van der Waals surface area contributed by atoms with Crippen molar-refractivity contribution >= 4 is 16.7 Å². The van der Waals surface area contributed by atoms with Gasteiger partial charge in [-0.05, 0) is 6.07 Å². The van der Waals surface area contributed by atoms with Gasteiger partial charge in [-0.1, -0.05) is 18.2 Å². The Bertz CT molecular complexity index is 604. The summed E-state index contributed by atoms with van der Waals surface area (Å²) in [4.78, 5) is 22.2. The van der Waals surface area contributed by atoms with E-state index >= 15 is 0 Å². The zero-order valence-electron chi connectivity index (χ0n) is 9.40. The minimum Gasteiger partial charge on any atom is -0.465 e. The molecule has 0 unspecified atom stereocenters. The minimum atomic E-state index is -0.321. The fourth-order valence-electron chi connectivity index (χ4n) is 1.65. The van der Waals surface area contributed by atoms with Gasteiger partial charge in [0.05, 0.1) is 17.7 Å². The predicted octanol–water partition coefficient (Wildman–Crippen LogP) is 1.03. The highest BCUT2D eigenvalue weighted by Gasteiger charge is 2.06. The molecule has 17 heavy (non-hydrogen) atoms. The van der Waals surface area contributed by atoms with Crippen molar-refractivity contribution < 1.29 is 9.53 Å². The SMILES string of the molecule is CC(=O)OCCc1n[nH]c(=O)c2ccccc12. The fourth-order valence-corrected chi connectivity index (χ4v) is 1.65. The van der Waals surface area contributed by atoms with Crippen molar-refractivity contribution in [3.05, 3.63) is 40.3 Å². The van der Waals surface area contributed by atoms with Crippen LogP contribution in [0.5, 0.6) is 0 Å². The molecule has 0 bridgehead atoms. The smallest absolute Gasteiger partial charge is 0.302 e. The second kappa shape index (κ2) is 4.78. The number of nitrogens with zero attached hydrogens (tertiary/aromatic N) is 1. The number of aromatic nitrogens is 2. The van der Waals surface area contributed by atoms with Gasteiger partial charge in [0, 0.05) is 18.7 Å². The van der Waals surface area contributed by atoms with Gasteiger partial charge in [0.2, 0.25) is 0 Å². The van der Waals surface area contributed by atoms with Crippen LogP contribution in [0.3, 0.4) is 0 Å². The number of hydrogen-bond donors (Lipinski definition) is 1. The van der Waals surface area contributed by atoms with Crippen LogP contribution in [-0.4, -0.2) is 22.8 Å². The normalized spacial score (nSPS) is 10.4. The Balaban J connectivity index is 2.32. The highest BCUT2D eigenvalue weighted by molar-refractivity contribution is 5.83. The molecule has 1 heterocycles. The summed E-state index contributed by atoms with van der Waals surface area (Å²) in [6.07, 6.45) is 0.483. The van der Waals surface area contributed by atoms with Gasteiger partial charge in [-0.25, -0.2) is 5.10 Å². The van der Waals surface area contributed by atoms with Crippen molar-refractivity contribution in [1.29, 1.82) is 0 Å². The molecule has 0 radical (unpaired) electrons. The maximum atomic E-state index is 11.5. The van der Waals surface area contributed by atoms with Crippen LogP contribution in [0.15, 0.2) is 29.1 Å². The van der Waals surface area contributed by atoms with Gasteiger partial charge in [0.25, 0.3) is 5.56 Å². The van der Waals surface area contributed by atoms with Crippen molar-refractivity contribution in [1.82, 2.24) is 10.2 Å². The number of benzene rings is 1. The van der Waals surface area contributed by atoms with E-state index in [2.05, 4.69) is 10.2 Å². The molecule has 0 aliphatic heterocycles. The minimum absolute atomic E-state index is 0.211. The summed E-state index contributed by atoms with van der Waals surface area (Å²) in [5.41, 5.74) is 0.512. The maximum Gasteiger partial charge on any atom is 0.302 e. The third-order valence-electron chi connectivity index (χ3n) is 2.42. The monoisotopic (exact) mass is 232 g/mol. The number of rotatable bonds is 3. The lowest BCUT2D eigenvalue weighted by molar-refractivity contribution is -0.140. The molecule has 0 atom stereocenters. The van der Waals surface area contributed by atoms with Gasteiger partial charge in [0.1, 0.15) is 0 Å². The number of carbonyl (C=O) groups excluding carboxylic acids is 1. The zero-order chi connectivity index (χ0) is 12.3. The molecular formula is C12H12N2O3. The van der Waals surface area contributed by atoms with Crippen molar-refractivity contribution in [2.45, 2.75) is 13.3 Å². The van der Waals surface area contributed by atoms with Crippen LogP contribution < -0.4 is 5.56 Å². The molecule has 88 valence electrons. The average Bonchev–Trinajstić information content (AvgIpc) is 2.32. The Morgan fingerprint density at radius 2 is 2.06 bits per heavy atom. The number of ether oxygens (including phenoxy) is 1. The van der Waals surface area contributed by atoms with E-state index in [0.29, 0.717) is 11.8 Å². The molecule has 0 saturated carbocycles. The summed E-state index contributed by atoms with van der Waals surface area (Å²) in [5.74, 6) is -0.321. The van der Waals surface area contributed by atoms with Crippen LogP contribution in [0.25, 0.3) is 10.8 Å².